The van der Waals surface area contributed by atoms with Crippen LogP contribution >= 0.6 is 0 Å². The maximum atomic E-state index is 5.96. The lowest BCUT2D eigenvalue weighted by molar-refractivity contribution is 0.701. The summed E-state index contributed by atoms with van der Waals surface area (Å²) < 4.78 is 0. The lowest BCUT2D eigenvalue weighted by Gasteiger charge is -2.29. The molecule has 0 saturated carbocycles. The van der Waals surface area contributed by atoms with Crippen LogP contribution in [0.2, 0.25) is 0 Å². The maximum Gasteiger partial charge on any atom is 0.0181 e. The zero-order chi connectivity index (χ0) is 14.4. The van der Waals surface area contributed by atoms with E-state index in [0.717, 1.165) is 12.8 Å². The number of hydrogen-bond donors (Lipinski definition) is 1. The Balaban J connectivity index is 1.94. The fourth-order valence-electron chi connectivity index (χ4n) is 4.02. The van der Waals surface area contributed by atoms with Gasteiger partial charge < -0.3 is 5.73 Å². The monoisotopic (exact) mass is 275 g/mol. The van der Waals surface area contributed by atoms with E-state index in [1.54, 1.807) is 11.1 Å². The quantitative estimate of drug-likeness (QED) is 0.837. The number of benzene rings is 2. The van der Waals surface area contributed by atoms with Gasteiger partial charge in [0.05, 0.1) is 0 Å². The topological polar surface area (TPSA) is 26.0 Å². The summed E-state index contributed by atoms with van der Waals surface area (Å²) in [6.45, 7) is 2.95. The minimum Gasteiger partial charge on any atom is -0.326 e. The molecule has 2 N–H and O–H groups in total. The molecule has 21 heavy (non-hydrogen) atoms. The first-order chi connectivity index (χ1) is 10.3. The van der Waals surface area contributed by atoms with Gasteiger partial charge in [-0.2, -0.15) is 0 Å². The van der Waals surface area contributed by atoms with Crippen molar-refractivity contribution >= 4 is 5.57 Å². The van der Waals surface area contributed by atoms with Crippen molar-refractivity contribution in [3.8, 4) is 11.1 Å². The number of allylic oxidation sites excluding steroid dienone is 1. The van der Waals surface area contributed by atoms with E-state index < -0.39 is 0 Å². The molecule has 2 aromatic carbocycles. The number of nitrogens with two attached hydrogens (primary N) is 1. The molecule has 1 heteroatoms. The van der Waals surface area contributed by atoms with Gasteiger partial charge in [-0.05, 0) is 64.1 Å². The molecule has 0 spiro atoms. The normalized spacial score (nSPS) is 19.3. The molecule has 1 atom stereocenters. The van der Waals surface area contributed by atoms with E-state index in [4.69, 9.17) is 5.73 Å². The fourth-order valence-corrected chi connectivity index (χ4v) is 4.02. The predicted molar refractivity (Wildman–Crippen MR) is 89.2 cm³/mol. The summed E-state index contributed by atoms with van der Waals surface area (Å²) >= 11 is 0. The zero-order valence-corrected chi connectivity index (χ0v) is 12.5. The standard InChI is InChI=1S/C20H21N/c1-13-10-15(12-21)17-8-9-18-16-5-3-2-4-14(16)6-7-19(18)20(17)11-13/h2-5,8-10,13H,6-7,11-12,21H2,1H3. The molecule has 2 aromatic rings. The average Bonchev–Trinajstić information content (AvgIpc) is 2.53. The third-order valence-electron chi connectivity index (χ3n) is 4.96. The third-order valence-corrected chi connectivity index (χ3v) is 4.96. The first-order valence-electron chi connectivity index (χ1n) is 7.92. The van der Waals surface area contributed by atoms with Gasteiger partial charge in [-0.25, -0.2) is 0 Å². The second-order valence-electron chi connectivity index (χ2n) is 6.35. The van der Waals surface area contributed by atoms with Crippen molar-refractivity contribution in [2.45, 2.75) is 26.2 Å². The molecule has 0 saturated heterocycles. The Morgan fingerprint density at radius 3 is 2.62 bits per heavy atom. The van der Waals surface area contributed by atoms with Gasteiger partial charge in [-0.1, -0.05) is 49.4 Å². The summed E-state index contributed by atoms with van der Waals surface area (Å²) in [5.41, 5.74) is 16.2. The maximum absolute atomic E-state index is 5.96. The number of rotatable bonds is 1. The van der Waals surface area contributed by atoms with Gasteiger partial charge in [-0.3, -0.25) is 0 Å². The Hall–Kier alpha value is -1.86. The van der Waals surface area contributed by atoms with Gasteiger partial charge in [0.2, 0.25) is 0 Å². The zero-order valence-electron chi connectivity index (χ0n) is 12.5. The van der Waals surface area contributed by atoms with E-state index in [9.17, 15) is 0 Å². The number of fused-ring (bicyclic) bond motifs is 5. The largest absolute Gasteiger partial charge is 0.326 e. The molecule has 1 unspecified atom stereocenters. The Morgan fingerprint density at radius 1 is 0.952 bits per heavy atom. The van der Waals surface area contributed by atoms with Crippen molar-refractivity contribution in [3.05, 3.63) is 64.7 Å². The van der Waals surface area contributed by atoms with Gasteiger partial charge in [0.25, 0.3) is 0 Å². The average molecular weight is 275 g/mol. The summed E-state index contributed by atoms with van der Waals surface area (Å²) in [4.78, 5) is 0. The molecule has 0 bridgehead atoms. The van der Waals surface area contributed by atoms with Crippen LogP contribution in [0.4, 0.5) is 0 Å². The molecule has 0 amide bonds. The van der Waals surface area contributed by atoms with Crippen LogP contribution in [0.3, 0.4) is 0 Å². The first kappa shape index (κ1) is 12.8. The third kappa shape index (κ3) is 1.96. The van der Waals surface area contributed by atoms with Crippen LogP contribution in [0.25, 0.3) is 16.7 Å². The van der Waals surface area contributed by atoms with E-state index in [1.807, 2.05) is 0 Å². The lowest BCUT2D eigenvalue weighted by Crippen LogP contribution is -2.17. The van der Waals surface area contributed by atoms with Crippen molar-refractivity contribution < 1.29 is 0 Å². The Bertz CT molecular complexity index is 739. The minimum atomic E-state index is 0.597. The van der Waals surface area contributed by atoms with Gasteiger partial charge in [-0.15, -0.1) is 0 Å². The molecule has 1 nitrogen and oxygen atoms in total. The molecule has 0 fully saturated rings. The highest BCUT2D eigenvalue weighted by Crippen LogP contribution is 2.40. The Morgan fingerprint density at radius 2 is 1.76 bits per heavy atom. The minimum absolute atomic E-state index is 0.597. The van der Waals surface area contributed by atoms with Crippen molar-refractivity contribution in [2.24, 2.45) is 11.7 Å². The molecular weight excluding hydrogens is 254 g/mol. The summed E-state index contributed by atoms with van der Waals surface area (Å²) in [6, 6.07) is 13.4. The molecule has 0 radical (unpaired) electrons. The van der Waals surface area contributed by atoms with E-state index in [2.05, 4.69) is 49.4 Å². The second-order valence-corrected chi connectivity index (χ2v) is 6.35. The summed E-state index contributed by atoms with van der Waals surface area (Å²) in [6.07, 6.45) is 5.84. The van der Waals surface area contributed by atoms with Crippen LogP contribution in [-0.2, 0) is 19.3 Å². The molecule has 0 heterocycles. The smallest absolute Gasteiger partial charge is 0.0181 e. The molecule has 106 valence electrons. The summed E-state index contributed by atoms with van der Waals surface area (Å²) in [5.74, 6) is 0.597. The fraction of sp³-hybridized carbons (Fsp3) is 0.300. The number of hydrogen-bond acceptors (Lipinski definition) is 1. The van der Waals surface area contributed by atoms with Crippen LogP contribution < -0.4 is 5.73 Å². The van der Waals surface area contributed by atoms with Gasteiger partial charge in [0.1, 0.15) is 0 Å². The Labute approximate surface area is 126 Å². The molecular formula is C20H21N. The highest BCUT2D eigenvalue weighted by Gasteiger charge is 2.24. The Kier molecular flexibility index (Phi) is 2.97. The van der Waals surface area contributed by atoms with Gasteiger partial charge in [0, 0.05) is 6.54 Å². The van der Waals surface area contributed by atoms with Crippen LogP contribution in [0, 0.1) is 5.92 Å². The van der Waals surface area contributed by atoms with Crippen molar-refractivity contribution in [1.82, 2.24) is 0 Å². The van der Waals surface area contributed by atoms with Gasteiger partial charge >= 0.3 is 0 Å². The van der Waals surface area contributed by atoms with Crippen molar-refractivity contribution in [3.63, 3.8) is 0 Å². The summed E-state index contributed by atoms with van der Waals surface area (Å²) in [5, 5.41) is 0. The molecule has 4 rings (SSSR count). The van der Waals surface area contributed by atoms with Gasteiger partial charge in [0.15, 0.2) is 0 Å². The van der Waals surface area contributed by atoms with Crippen LogP contribution in [0.1, 0.15) is 29.2 Å². The molecule has 0 aliphatic heterocycles. The van der Waals surface area contributed by atoms with Crippen molar-refractivity contribution in [1.29, 1.82) is 0 Å². The molecule has 2 aliphatic rings. The summed E-state index contributed by atoms with van der Waals surface area (Å²) in [7, 11) is 0. The molecule has 2 aliphatic carbocycles. The van der Waals surface area contributed by atoms with E-state index in [0.29, 0.717) is 12.5 Å². The SMILES string of the molecule is CC1C=C(CN)c2ccc3c(c2C1)CCc1ccccc1-3. The molecule has 0 aromatic heterocycles. The lowest BCUT2D eigenvalue weighted by atomic mass is 9.76. The van der Waals surface area contributed by atoms with Crippen LogP contribution in [0.15, 0.2) is 42.5 Å². The van der Waals surface area contributed by atoms with E-state index in [-0.39, 0.29) is 0 Å². The first-order valence-corrected chi connectivity index (χ1v) is 7.92. The highest BCUT2D eigenvalue weighted by atomic mass is 14.5. The van der Waals surface area contributed by atoms with Crippen molar-refractivity contribution in [2.75, 3.05) is 6.54 Å². The van der Waals surface area contributed by atoms with Crippen LogP contribution in [-0.4, -0.2) is 6.54 Å². The second kappa shape index (κ2) is 4.85. The van der Waals surface area contributed by atoms with E-state index in [1.165, 1.54) is 34.2 Å². The highest BCUT2D eigenvalue weighted by molar-refractivity contribution is 5.80. The number of aryl methyl sites for hydroxylation is 1. The predicted octanol–water partition coefficient (Wildman–Crippen LogP) is 3.99. The van der Waals surface area contributed by atoms with Crippen LogP contribution in [0.5, 0.6) is 0 Å². The van der Waals surface area contributed by atoms with E-state index >= 15 is 0 Å².